The standard InChI is InChI=1S/C24H19ClN4O4/c1-15(30)26-19-8-4-16(5-9-19)23(31)27-20-10-12-21(13-11-20)32-14-22-28-29-24(33-22)17-2-6-18(25)7-3-17/h2-13H,14H2,1H3,(H,26,30)(H,27,31). The van der Waals surface area contributed by atoms with E-state index in [1.165, 1.54) is 6.92 Å². The number of carbonyl (C=O) groups is 2. The predicted octanol–water partition coefficient (Wildman–Crippen LogP) is 5.18. The van der Waals surface area contributed by atoms with Crippen LogP contribution in [0.2, 0.25) is 5.02 Å². The Labute approximate surface area is 194 Å². The van der Waals surface area contributed by atoms with E-state index in [2.05, 4.69) is 20.8 Å². The minimum atomic E-state index is -0.265. The van der Waals surface area contributed by atoms with Crippen molar-refractivity contribution >= 4 is 34.8 Å². The molecule has 33 heavy (non-hydrogen) atoms. The average Bonchev–Trinajstić information content (AvgIpc) is 3.28. The maximum Gasteiger partial charge on any atom is 0.255 e. The first-order chi connectivity index (χ1) is 16.0. The maximum absolute atomic E-state index is 12.4. The largest absolute Gasteiger partial charge is 0.484 e. The van der Waals surface area contributed by atoms with E-state index in [-0.39, 0.29) is 18.4 Å². The van der Waals surface area contributed by atoms with Crippen LogP contribution < -0.4 is 15.4 Å². The molecular weight excluding hydrogens is 444 g/mol. The number of nitrogens with zero attached hydrogens (tertiary/aromatic N) is 2. The number of nitrogens with one attached hydrogen (secondary N) is 2. The second-order valence-electron chi connectivity index (χ2n) is 7.03. The number of benzene rings is 3. The summed E-state index contributed by atoms with van der Waals surface area (Å²) in [5.41, 5.74) is 2.48. The monoisotopic (exact) mass is 462 g/mol. The molecule has 0 unspecified atom stereocenters. The first-order valence-electron chi connectivity index (χ1n) is 9.96. The first kappa shape index (κ1) is 22.0. The summed E-state index contributed by atoms with van der Waals surface area (Å²) in [7, 11) is 0. The second kappa shape index (κ2) is 9.97. The molecule has 4 aromatic rings. The molecule has 0 spiro atoms. The lowest BCUT2D eigenvalue weighted by Gasteiger charge is -2.08. The van der Waals surface area contributed by atoms with Gasteiger partial charge in [0.2, 0.25) is 11.8 Å². The lowest BCUT2D eigenvalue weighted by atomic mass is 10.2. The summed E-state index contributed by atoms with van der Waals surface area (Å²) in [6, 6.07) is 20.6. The van der Waals surface area contributed by atoms with Gasteiger partial charge in [-0.2, -0.15) is 0 Å². The summed E-state index contributed by atoms with van der Waals surface area (Å²) in [5.74, 6) is 0.863. The lowest BCUT2D eigenvalue weighted by Crippen LogP contribution is -2.12. The van der Waals surface area contributed by atoms with Crippen molar-refractivity contribution in [2.24, 2.45) is 0 Å². The molecule has 0 saturated heterocycles. The van der Waals surface area contributed by atoms with Crippen molar-refractivity contribution in [1.29, 1.82) is 0 Å². The van der Waals surface area contributed by atoms with Crippen molar-refractivity contribution in [2.75, 3.05) is 10.6 Å². The van der Waals surface area contributed by atoms with Gasteiger partial charge in [-0.05, 0) is 72.8 Å². The zero-order valence-corrected chi connectivity index (χ0v) is 18.3. The highest BCUT2D eigenvalue weighted by atomic mass is 35.5. The van der Waals surface area contributed by atoms with Crippen molar-refractivity contribution in [3.63, 3.8) is 0 Å². The molecule has 2 amide bonds. The highest BCUT2D eigenvalue weighted by Crippen LogP contribution is 2.22. The number of aromatic nitrogens is 2. The van der Waals surface area contributed by atoms with Gasteiger partial charge in [0, 0.05) is 34.4 Å². The van der Waals surface area contributed by atoms with Crippen LogP contribution in [0.3, 0.4) is 0 Å². The van der Waals surface area contributed by atoms with Gasteiger partial charge >= 0.3 is 0 Å². The molecule has 0 aliphatic rings. The molecule has 0 aliphatic heterocycles. The summed E-state index contributed by atoms with van der Waals surface area (Å²) in [6.45, 7) is 1.53. The zero-order chi connectivity index (χ0) is 23.2. The quantitative estimate of drug-likeness (QED) is 0.392. The van der Waals surface area contributed by atoms with E-state index in [1.54, 1.807) is 72.8 Å². The fraction of sp³-hybridized carbons (Fsp3) is 0.0833. The zero-order valence-electron chi connectivity index (χ0n) is 17.5. The molecule has 9 heteroatoms. The van der Waals surface area contributed by atoms with E-state index in [0.717, 1.165) is 5.56 Å². The molecule has 0 fully saturated rings. The molecule has 1 heterocycles. The van der Waals surface area contributed by atoms with Gasteiger partial charge in [0.1, 0.15) is 5.75 Å². The minimum Gasteiger partial charge on any atom is -0.484 e. The number of anilines is 2. The summed E-state index contributed by atoms with van der Waals surface area (Å²) in [6.07, 6.45) is 0. The van der Waals surface area contributed by atoms with Crippen LogP contribution in [0.15, 0.2) is 77.2 Å². The Morgan fingerprint density at radius 3 is 2.18 bits per heavy atom. The third kappa shape index (κ3) is 5.96. The van der Waals surface area contributed by atoms with Crippen LogP contribution in [-0.4, -0.2) is 22.0 Å². The molecule has 1 aromatic heterocycles. The molecule has 0 aliphatic carbocycles. The van der Waals surface area contributed by atoms with Crippen molar-refractivity contribution in [2.45, 2.75) is 13.5 Å². The number of rotatable bonds is 7. The SMILES string of the molecule is CC(=O)Nc1ccc(C(=O)Nc2ccc(OCc3nnc(-c4ccc(Cl)cc4)o3)cc2)cc1. The Bertz CT molecular complexity index is 1250. The Hall–Kier alpha value is -4.17. The first-order valence-corrected chi connectivity index (χ1v) is 10.3. The summed E-state index contributed by atoms with van der Waals surface area (Å²) in [5, 5.41) is 14.1. The van der Waals surface area contributed by atoms with Gasteiger partial charge in [-0.3, -0.25) is 9.59 Å². The van der Waals surface area contributed by atoms with Gasteiger partial charge in [0.25, 0.3) is 11.8 Å². The van der Waals surface area contributed by atoms with Crippen molar-refractivity contribution in [3.8, 4) is 17.2 Å². The number of halogens is 1. The maximum atomic E-state index is 12.4. The molecule has 166 valence electrons. The van der Waals surface area contributed by atoms with Crippen molar-refractivity contribution in [1.82, 2.24) is 10.2 Å². The van der Waals surface area contributed by atoms with Gasteiger partial charge in [0.05, 0.1) is 0 Å². The average molecular weight is 463 g/mol. The molecule has 4 rings (SSSR count). The second-order valence-corrected chi connectivity index (χ2v) is 7.47. The van der Waals surface area contributed by atoms with Gasteiger partial charge in [0.15, 0.2) is 6.61 Å². The van der Waals surface area contributed by atoms with Crippen LogP contribution in [0.25, 0.3) is 11.5 Å². The molecule has 0 atom stereocenters. The van der Waals surface area contributed by atoms with Crippen molar-refractivity contribution < 1.29 is 18.7 Å². The summed E-state index contributed by atoms with van der Waals surface area (Å²) >= 11 is 5.89. The fourth-order valence-corrected chi connectivity index (χ4v) is 3.04. The number of hydrogen-bond acceptors (Lipinski definition) is 6. The highest BCUT2D eigenvalue weighted by molar-refractivity contribution is 6.30. The van der Waals surface area contributed by atoms with E-state index in [4.69, 9.17) is 20.8 Å². The van der Waals surface area contributed by atoms with Crippen LogP contribution >= 0.6 is 11.6 Å². The predicted molar refractivity (Wildman–Crippen MR) is 124 cm³/mol. The molecule has 3 aromatic carbocycles. The van der Waals surface area contributed by atoms with E-state index >= 15 is 0 Å². The Morgan fingerprint density at radius 1 is 0.879 bits per heavy atom. The normalized spacial score (nSPS) is 10.5. The van der Waals surface area contributed by atoms with Gasteiger partial charge in [-0.25, -0.2) is 0 Å². The Morgan fingerprint density at radius 2 is 1.52 bits per heavy atom. The smallest absolute Gasteiger partial charge is 0.255 e. The highest BCUT2D eigenvalue weighted by Gasteiger charge is 2.10. The van der Waals surface area contributed by atoms with E-state index in [0.29, 0.717) is 39.5 Å². The fourth-order valence-electron chi connectivity index (χ4n) is 2.91. The molecule has 2 N–H and O–H groups in total. The van der Waals surface area contributed by atoms with E-state index < -0.39 is 0 Å². The Kier molecular flexibility index (Phi) is 6.66. The van der Waals surface area contributed by atoms with Gasteiger partial charge in [-0.15, -0.1) is 10.2 Å². The van der Waals surface area contributed by atoms with Gasteiger partial charge in [-0.1, -0.05) is 11.6 Å². The van der Waals surface area contributed by atoms with Crippen LogP contribution in [0.1, 0.15) is 23.2 Å². The van der Waals surface area contributed by atoms with E-state index in [9.17, 15) is 9.59 Å². The number of hydrogen-bond donors (Lipinski definition) is 2. The Balaban J connectivity index is 1.31. The van der Waals surface area contributed by atoms with Crippen LogP contribution in [-0.2, 0) is 11.4 Å². The summed E-state index contributed by atoms with van der Waals surface area (Å²) < 4.78 is 11.3. The molecule has 0 bridgehead atoms. The van der Waals surface area contributed by atoms with Crippen LogP contribution in [0.5, 0.6) is 5.75 Å². The molecule has 0 saturated carbocycles. The molecule has 0 radical (unpaired) electrons. The van der Waals surface area contributed by atoms with Crippen LogP contribution in [0.4, 0.5) is 11.4 Å². The number of carbonyl (C=O) groups excluding carboxylic acids is 2. The van der Waals surface area contributed by atoms with Crippen LogP contribution in [0, 0.1) is 0 Å². The molecular formula is C24H19ClN4O4. The third-order valence-electron chi connectivity index (χ3n) is 4.50. The number of amides is 2. The van der Waals surface area contributed by atoms with Gasteiger partial charge < -0.3 is 19.8 Å². The topological polar surface area (TPSA) is 106 Å². The summed E-state index contributed by atoms with van der Waals surface area (Å²) in [4.78, 5) is 23.5. The van der Waals surface area contributed by atoms with Crippen molar-refractivity contribution in [3.05, 3.63) is 89.3 Å². The minimum absolute atomic E-state index is 0.104. The van der Waals surface area contributed by atoms with E-state index in [1.807, 2.05) is 0 Å². The third-order valence-corrected chi connectivity index (χ3v) is 4.75. The lowest BCUT2D eigenvalue weighted by molar-refractivity contribution is -0.114. The molecule has 8 nitrogen and oxygen atoms in total. The number of ether oxygens (including phenoxy) is 1.